The van der Waals surface area contributed by atoms with Gasteiger partial charge in [-0.2, -0.15) is 0 Å². The zero-order valence-electron chi connectivity index (χ0n) is 24.3. The number of fused-ring (bicyclic) bond motifs is 3. The number of carboxylic acid groups (broad SMARTS) is 1. The molecule has 0 saturated carbocycles. The highest BCUT2D eigenvalue weighted by Crippen LogP contribution is 2.40. The molecule has 0 radical (unpaired) electrons. The summed E-state index contributed by atoms with van der Waals surface area (Å²) in [5, 5.41) is 12.3. The molecule has 0 spiro atoms. The van der Waals surface area contributed by atoms with Crippen molar-refractivity contribution in [2.24, 2.45) is 10.7 Å². The third-order valence-corrected chi connectivity index (χ3v) is 8.15. The van der Waals surface area contributed by atoms with E-state index in [1.165, 1.54) is 6.07 Å². The van der Waals surface area contributed by atoms with E-state index < -0.39 is 28.6 Å². The van der Waals surface area contributed by atoms with E-state index in [0.717, 1.165) is 70.6 Å². The molecule has 1 amide bonds. The van der Waals surface area contributed by atoms with Crippen molar-refractivity contribution in [2.75, 3.05) is 13.1 Å². The topological polar surface area (TPSA) is 155 Å². The molecule has 0 aliphatic heterocycles. The first kappa shape index (κ1) is 33.3. The molecule has 0 saturated heterocycles. The lowest BCUT2D eigenvalue weighted by Gasteiger charge is -2.18. The largest absolute Gasteiger partial charge is 0.478 e. The highest BCUT2D eigenvalue weighted by atomic mass is 35.5. The van der Waals surface area contributed by atoms with E-state index in [0.29, 0.717) is 19.5 Å². The van der Waals surface area contributed by atoms with Gasteiger partial charge in [-0.05, 0) is 18.9 Å². The van der Waals surface area contributed by atoms with Gasteiger partial charge in [0.25, 0.3) is 17.0 Å². The van der Waals surface area contributed by atoms with Crippen LogP contribution in [0.15, 0.2) is 20.6 Å². The maximum atomic E-state index is 13.6. The third kappa shape index (κ3) is 7.61. The van der Waals surface area contributed by atoms with E-state index in [4.69, 9.17) is 28.9 Å². The highest BCUT2D eigenvalue weighted by molar-refractivity contribution is 6.44. The Kier molecular flexibility index (Phi) is 12.6. The van der Waals surface area contributed by atoms with Crippen LogP contribution in [-0.2, 0) is 0 Å². The number of unbranched alkanes of at least 4 members (excludes halogenated alkanes) is 10. The van der Waals surface area contributed by atoms with E-state index >= 15 is 0 Å². The summed E-state index contributed by atoms with van der Waals surface area (Å²) < 4.78 is 0. The molecule has 0 unspecified atom stereocenters. The third-order valence-electron chi connectivity index (χ3n) is 7.47. The summed E-state index contributed by atoms with van der Waals surface area (Å²) >= 11 is 13.2. The molecule has 42 heavy (non-hydrogen) atoms. The number of hydrogen-bond acceptors (Lipinski definition) is 5. The molecule has 4 aromatic rings. The molecule has 2 aromatic heterocycles. The number of amidine groups is 1. The van der Waals surface area contributed by atoms with Crippen LogP contribution < -0.4 is 22.2 Å². The lowest BCUT2D eigenvalue weighted by molar-refractivity contribution is 0.0691. The number of nitrogens with one attached hydrogen (secondary N) is 2. The fourth-order valence-electron chi connectivity index (χ4n) is 5.30. The predicted octanol–water partition coefficient (Wildman–Crippen LogP) is 6.64. The van der Waals surface area contributed by atoms with Gasteiger partial charge in [0.1, 0.15) is 5.84 Å². The summed E-state index contributed by atoms with van der Waals surface area (Å²) in [6.07, 6.45) is 12.2. The number of nitrogens with two attached hydrogens (primary N) is 1. The maximum Gasteiger partial charge on any atom is 0.338 e. The van der Waals surface area contributed by atoms with Gasteiger partial charge in [-0.3, -0.25) is 24.4 Å². The first-order valence-electron chi connectivity index (χ1n) is 14.8. The monoisotopic (exact) mass is 618 g/mol. The smallest absolute Gasteiger partial charge is 0.338 e. The molecule has 0 aliphatic rings. The summed E-state index contributed by atoms with van der Waals surface area (Å²) in [6.45, 7) is 4.93. The van der Waals surface area contributed by atoms with Crippen LogP contribution in [-0.4, -0.2) is 40.9 Å². The van der Waals surface area contributed by atoms with E-state index in [9.17, 15) is 24.3 Å². The molecule has 0 atom stereocenters. The molecule has 0 fully saturated rings. The van der Waals surface area contributed by atoms with Crippen LogP contribution in [0.1, 0.15) is 117 Å². The number of benzene rings is 2. The van der Waals surface area contributed by atoms with Crippen molar-refractivity contribution in [3.8, 4) is 0 Å². The van der Waals surface area contributed by atoms with Crippen molar-refractivity contribution in [1.82, 2.24) is 10.3 Å². The zero-order chi connectivity index (χ0) is 30.8. The number of nitrogens with zero attached hydrogens (tertiary/aromatic N) is 1. The number of carbonyl (C=O) groups excluding carboxylic acids is 1. The summed E-state index contributed by atoms with van der Waals surface area (Å²) in [6, 6.07) is 1.30. The number of rotatable bonds is 17. The Balaban J connectivity index is 2.16. The number of aromatic nitrogens is 1. The molecule has 4 rings (SSSR count). The average Bonchev–Trinajstić information content (AvgIpc) is 3.11. The van der Waals surface area contributed by atoms with Gasteiger partial charge in [0, 0.05) is 34.8 Å². The predicted molar refractivity (Wildman–Crippen MR) is 171 cm³/mol. The summed E-state index contributed by atoms with van der Waals surface area (Å²) in [4.78, 5) is 59.1. The van der Waals surface area contributed by atoms with Crippen molar-refractivity contribution < 1.29 is 14.7 Å². The molecular weight excluding hydrogens is 579 g/mol. The van der Waals surface area contributed by atoms with Gasteiger partial charge in [0.15, 0.2) is 0 Å². The van der Waals surface area contributed by atoms with E-state index in [1.807, 2.05) is 0 Å². The molecule has 11 heteroatoms. The van der Waals surface area contributed by atoms with E-state index in [1.54, 1.807) is 0 Å². The van der Waals surface area contributed by atoms with Gasteiger partial charge < -0.3 is 16.2 Å². The normalized spacial score (nSPS) is 12.0. The van der Waals surface area contributed by atoms with Gasteiger partial charge in [-0.1, -0.05) is 101 Å². The Hall–Kier alpha value is -3.17. The number of carboxylic acids is 1. The van der Waals surface area contributed by atoms with Crippen LogP contribution in [0.25, 0.3) is 21.5 Å². The Bertz CT molecular complexity index is 1570. The average molecular weight is 620 g/mol. The summed E-state index contributed by atoms with van der Waals surface area (Å²) in [5.41, 5.74) is 3.89. The summed E-state index contributed by atoms with van der Waals surface area (Å²) in [5.74, 6) is -2.31. The SMILES string of the molecule is CCCCCCCCN=C(N)c1c(Cl)c(C(=O)O)c(C(=O)NCCCCCCCC)c2c3c(Cl)cc(c(=O)[nH]c3=O)c12. The minimum atomic E-state index is -1.49. The number of H-pyrrole nitrogens is 1. The van der Waals surface area contributed by atoms with Crippen LogP contribution in [0, 0.1) is 0 Å². The van der Waals surface area contributed by atoms with Gasteiger partial charge in [-0.15, -0.1) is 0 Å². The quantitative estimate of drug-likeness (QED) is 0.0754. The molecule has 5 N–H and O–H groups in total. The van der Waals surface area contributed by atoms with Gasteiger partial charge in [-0.25, -0.2) is 4.79 Å². The van der Waals surface area contributed by atoms with Gasteiger partial charge in [0.2, 0.25) is 0 Å². The molecule has 2 heterocycles. The molecule has 228 valence electrons. The number of hydrogen-bond donors (Lipinski definition) is 4. The van der Waals surface area contributed by atoms with Crippen LogP contribution in [0.5, 0.6) is 0 Å². The fourth-order valence-corrected chi connectivity index (χ4v) is 5.95. The fraction of sp³-hybridized carbons (Fsp3) is 0.516. The van der Waals surface area contributed by atoms with Crippen LogP contribution in [0.3, 0.4) is 0 Å². The van der Waals surface area contributed by atoms with Crippen LogP contribution >= 0.6 is 23.2 Å². The number of amides is 1. The highest BCUT2D eigenvalue weighted by Gasteiger charge is 2.32. The number of aromatic carboxylic acids is 1. The van der Waals surface area contributed by atoms with Gasteiger partial charge in [0.05, 0.1) is 26.6 Å². The minimum Gasteiger partial charge on any atom is -0.478 e. The lowest BCUT2D eigenvalue weighted by atomic mass is 9.90. The number of carbonyl (C=O) groups is 2. The van der Waals surface area contributed by atoms with Crippen molar-refractivity contribution in [1.29, 1.82) is 0 Å². The van der Waals surface area contributed by atoms with E-state index in [-0.39, 0.29) is 48.6 Å². The van der Waals surface area contributed by atoms with Crippen molar-refractivity contribution >= 4 is 62.5 Å². The summed E-state index contributed by atoms with van der Waals surface area (Å²) in [7, 11) is 0. The Morgan fingerprint density at radius 3 is 2.05 bits per heavy atom. The van der Waals surface area contributed by atoms with Gasteiger partial charge >= 0.3 is 5.97 Å². The van der Waals surface area contributed by atoms with Crippen molar-refractivity contribution in [3.63, 3.8) is 0 Å². The second kappa shape index (κ2) is 15.9. The van der Waals surface area contributed by atoms with Crippen molar-refractivity contribution in [2.45, 2.75) is 90.9 Å². The lowest BCUT2D eigenvalue weighted by Crippen LogP contribution is -2.28. The van der Waals surface area contributed by atoms with Crippen LogP contribution in [0.4, 0.5) is 0 Å². The number of halogens is 2. The van der Waals surface area contributed by atoms with Crippen molar-refractivity contribution in [3.05, 3.63) is 53.5 Å². The second-order valence-electron chi connectivity index (χ2n) is 10.6. The first-order chi connectivity index (χ1) is 20.1. The molecule has 2 bridgehead atoms. The second-order valence-corrected chi connectivity index (χ2v) is 11.4. The number of aliphatic imine (C=N–C) groups is 1. The standard InChI is InChI=1S/C31H40Cl2N4O5/c1-3-5-7-9-11-13-15-35-27(34)24-20-18-17-19(32)21(30(40)37-28(18)38)22(20)23(25(26(24)33)31(41)42)29(39)36-16-14-12-10-8-6-4-2/h17H,3-16H2,1-2H3,(H2,34,35)(H,36,39)(H,41,42)(H,37,38,40). The molecular formula is C31H40Cl2N4O5. The molecule has 9 nitrogen and oxygen atoms in total. The minimum absolute atomic E-state index is 0.0136. The Morgan fingerprint density at radius 2 is 1.43 bits per heavy atom. The molecule has 0 aliphatic carbocycles. The van der Waals surface area contributed by atoms with Crippen LogP contribution in [0.2, 0.25) is 10.0 Å². The zero-order valence-corrected chi connectivity index (χ0v) is 25.8. The first-order valence-corrected chi connectivity index (χ1v) is 15.6. The maximum absolute atomic E-state index is 13.6. The Morgan fingerprint density at radius 1 is 0.833 bits per heavy atom. The Labute approximate surface area is 255 Å². The van der Waals surface area contributed by atoms with E-state index in [2.05, 4.69) is 29.1 Å². The number of aromatic amines is 1. The molecule has 2 aromatic carbocycles.